The zero-order valence-electron chi connectivity index (χ0n) is 10.2. The molecular formula is C12H14ClN3O2. The predicted octanol–water partition coefficient (Wildman–Crippen LogP) is 2.42. The molecule has 0 spiro atoms. The van der Waals surface area contributed by atoms with Gasteiger partial charge in [0.1, 0.15) is 5.75 Å². The molecule has 1 aromatic heterocycles. The highest BCUT2D eigenvalue weighted by Crippen LogP contribution is 2.33. The van der Waals surface area contributed by atoms with Crippen molar-refractivity contribution in [3.8, 4) is 17.1 Å². The number of halogens is 1. The smallest absolute Gasteiger partial charge is 0.240 e. The second kappa shape index (κ2) is 5.37. The van der Waals surface area contributed by atoms with Crippen LogP contribution in [0.5, 0.6) is 5.75 Å². The quantitative estimate of drug-likeness (QED) is 0.921. The van der Waals surface area contributed by atoms with Gasteiger partial charge >= 0.3 is 0 Å². The van der Waals surface area contributed by atoms with E-state index in [2.05, 4.69) is 10.1 Å². The van der Waals surface area contributed by atoms with E-state index in [1.807, 2.05) is 13.0 Å². The Morgan fingerprint density at radius 2 is 2.22 bits per heavy atom. The summed E-state index contributed by atoms with van der Waals surface area (Å²) < 4.78 is 10.2. The van der Waals surface area contributed by atoms with Crippen LogP contribution in [-0.2, 0) is 13.0 Å². The van der Waals surface area contributed by atoms with Crippen LogP contribution < -0.4 is 10.5 Å². The summed E-state index contributed by atoms with van der Waals surface area (Å²) in [7, 11) is 1.60. The Labute approximate surface area is 110 Å². The van der Waals surface area contributed by atoms with E-state index in [-0.39, 0.29) is 6.54 Å². The van der Waals surface area contributed by atoms with Crippen LogP contribution in [0, 0.1) is 0 Å². The highest BCUT2D eigenvalue weighted by molar-refractivity contribution is 6.32. The predicted molar refractivity (Wildman–Crippen MR) is 68.6 cm³/mol. The lowest BCUT2D eigenvalue weighted by Gasteiger charge is -2.10. The Hall–Kier alpha value is -1.59. The third-order valence-electron chi connectivity index (χ3n) is 2.61. The van der Waals surface area contributed by atoms with Gasteiger partial charge in [-0.15, -0.1) is 0 Å². The van der Waals surface area contributed by atoms with Gasteiger partial charge in [0, 0.05) is 5.56 Å². The molecule has 0 unspecified atom stereocenters. The van der Waals surface area contributed by atoms with Crippen molar-refractivity contribution in [2.75, 3.05) is 7.11 Å². The van der Waals surface area contributed by atoms with Crippen LogP contribution >= 0.6 is 11.6 Å². The Balaban J connectivity index is 2.48. The lowest BCUT2D eigenvalue weighted by Crippen LogP contribution is -1.96. The van der Waals surface area contributed by atoms with Crippen LogP contribution in [0.4, 0.5) is 0 Å². The van der Waals surface area contributed by atoms with E-state index in [4.69, 9.17) is 26.6 Å². The third-order valence-corrected chi connectivity index (χ3v) is 2.89. The SMILES string of the molecule is CCc1cc(-c2noc(CN)n2)cc(Cl)c1OC. The molecule has 0 atom stereocenters. The topological polar surface area (TPSA) is 74.2 Å². The molecule has 96 valence electrons. The standard InChI is InChI=1S/C12H14ClN3O2/c1-3-7-4-8(5-9(13)11(7)17-2)12-15-10(6-14)18-16-12/h4-5H,3,6,14H2,1-2H3. The third kappa shape index (κ3) is 2.32. The van der Waals surface area contributed by atoms with Gasteiger partial charge in [0.05, 0.1) is 18.7 Å². The monoisotopic (exact) mass is 267 g/mol. The summed E-state index contributed by atoms with van der Waals surface area (Å²) in [6, 6.07) is 3.70. The first-order valence-corrected chi connectivity index (χ1v) is 5.96. The zero-order chi connectivity index (χ0) is 13.1. The van der Waals surface area contributed by atoms with E-state index in [0.29, 0.717) is 22.5 Å². The van der Waals surface area contributed by atoms with Gasteiger partial charge in [0.25, 0.3) is 0 Å². The molecule has 2 rings (SSSR count). The molecule has 0 aliphatic heterocycles. The lowest BCUT2D eigenvalue weighted by atomic mass is 10.1. The average molecular weight is 268 g/mol. The summed E-state index contributed by atoms with van der Waals surface area (Å²) in [4.78, 5) is 4.17. The van der Waals surface area contributed by atoms with Crippen LogP contribution in [-0.4, -0.2) is 17.3 Å². The van der Waals surface area contributed by atoms with Crippen LogP contribution in [0.25, 0.3) is 11.4 Å². The van der Waals surface area contributed by atoms with Crippen LogP contribution in [0.15, 0.2) is 16.7 Å². The number of hydrogen-bond donors (Lipinski definition) is 1. The van der Waals surface area contributed by atoms with Gasteiger partial charge in [-0.05, 0) is 24.1 Å². The summed E-state index contributed by atoms with van der Waals surface area (Å²) in [6.07, 6.45) is 0.804. The fourth-order valence-electron chi connectivity index (χ4n) is 1.73. The fourth-order valence-corrected chi connectivity index (χ4v) is 2.04. The number of nitrogens with zero attached hydrogens (tertiary/aromatic N) is 2. The van der Waals surface area contributed by atoms with E-state index in [1.165, 1.54) is 0 Å². The van der Waals surface area contributed by atoms with Crippen molar-refractivity contribution in [2.24, 2.45) is 5.73 Å². The summed E-state index contributed by atoms with van der Waals surface area (Å²) in [6.45, 7) is 2.25. The van der Waals surface area contributed by atoms with Crippen molar-refractivity contribution in [1.82, 2.24) is 10.1 Å². The first-order valence-electron chi connectivity index (χ1n) is 5.59. The molecule has 0 fully saturated rings. The maximum absolute atomic E-state index is 6.17. The van der Waals surface area contributed by atoms with Gasteiger partial charge in [-0.25, -0.2) is 0 Å². The normalized spacial score (nSPS) is 10.7. The number of ether oxygens (including phenoxy) is 1. The van der Waals surface area contributed by atoms with Crippen molar-refractivity contribution in [2.45, 2.75) is 19.9 Å². The Kier molecular flexibility index (Phi) is 3.84. The summed E-state index contributed by atoms with van der Waals surface area (Å²) in [5, 5.41) is 4.40. The molecule has 0 aliphatic rings. The number of methoxy groups -OCH3 is 1. The summed E-state index contributed by atoms with van der Waals surface area (Å²) in [5.41, 5.74) is 7.22. The summed E-state index contributed by atoms with van der Waals surface area (Å²) >= 11 is 6.17. The van der Waals surface area contributed by atoms with E-state index in [9.17, 15) is 0 Å². The first kappa shape index (κ1) is 12.9. The Bertz CT molecular complexity index is 554. The van der Waals surface area contributed by atoms with Crippen molar-refractivity contribution in [1.29, 1.82) is 0 Å². The van der Waals surface area contributed by atoms with Gasteiger partial charge in [0.15, 0.2) is 0 Å². The van der Waals surface area contributed by atoms with Gasteiger partial charge in [0.2, 0.25) is 11.7 Å². The maximum Gasteiger partial charge on any atom is 0.240 e. The van der Waals surface area contributed by atoms with Gasteiger partial charge < -0.3 is 15.0 Å². The minimum absolute atomic E-state index is 0.220. The van der Waals surface area contributed by atoms with Gasteiger partial charge in [-0.1, -0.05) is 23.7 Å². The number of rotatable bonds is 4. The number of aromatic nitrogens is 2. The number of nitrogens with two attached hydrogens (primary N) is 1. The summed E-state index contributed by atoms with van der Waals surface area (Å²) in [5.74, 6) is 1.56. The van der Waals surface area contributed by atoms with Crippen molar-refractivity contribution in [3.63, 3.8) is 0 Å². The Morgan fingerprint density at radius 1 is 1.44 bits per heavy atom. The molecule has 5 nitrogen and oxygen atoms in total. The lowest BCUT2D eigenvalue weighted by molar-refractivity contribution is 0.380. The van der Waals surface area contributed by atoms with Crippen LogP contribution in [0.3, 0.4) is 0 Å². The van der Waals surface area contributed by atoms with Crippen molar-refractivity contribution < 1.29 is 9.26 Å². The van der Waals surface area contributed by atoms with E-state index in [0.717, 1.165) is 17.5 Å². The largest absolute Gasteiger partial charge is 0.495 e. The van der Waals surface area contributed by atoms with Crippen LogP contribution in [0.1, 0.15) is 18.4 Å². The molecule has 0 amide bonds. The minimum Gasteiger partial charge on any atom is -0.495 e. The van der Waals surface area contributed by atoms with Crippen LogP contribution in [0.2, 0.25) is 5.02 Å². The van der Waals surface area contributed by atoms with Gasteiger partial charge in [-0.2, -0.15) is 4.98 Å². The minimum atomic E-state index is 0.220. The molecule has 2 aromatic rings. The van der Waals surface area contributed by atoms with Gasteiger partial charge in [-0.3, -0.25) is 0 Å². The second-order valence-corrected chi connectivity index (χ2v) is 4.13. The van der Waals surface area contributed by atoms with E-state index >= 15 is 0 Å². The Morgan fingerprint density at radius 3 is 2.78 bits per heavy atom. The molecule has 0 aliphatic carbocycles. The fraction of sp³-hybridized carbons (Fsp3) is 0.333. The van der Waals surface area contributed by atoms with Crippen molar-refractivity contribution >= 4 is 11.6 Å². The molecule has 0 saturated carbocycles. The molecule has 0 bridgehead atoms. The average Bonchev–Trinajstić information content (AvgIpc) is 2.86. The molecule has 18 heavy (non-hydrogen) atoms. The molecule has 1 heterocycles. The molecule has 0 saturated heterocycles. The molecule has 2 N–H and O–H groups in total. The second-order valence-electron chi connectivity index (χ2n) is 3.72. The molecular weight excluding hydrogens is 254 g/mol. The molecule has 0 radical (unpaired) electrons. The molecule has 1 aromatic carbocycles. The number of aryl methyl sites for hydroxylation is 1. The highest BCUT2D eigenvalue weighted by atomic mass is 35.5. The van der Waals surface area contributed by atoms with Crippen molar-refractivity contribution in [3.05, 3.63) is 28.6 Å². The van der Waals surface area contributed by atoms with E-state index in [1.54, 1.807) is 13.2 Å². The van der Waals surface area contributed by atoms with E-state index < -0.39 is 0 Å². The number of hydrogen-bond acceptors (Lipinski definition) is 5. The highest BCUT2D eigenvalue weighted by Gasteiger charge is 2.13. The molecule has 6 heteroatoms. The maximum atomic E-state index is 6.17. The zero-order valence-corrected chi connectivity index (χ0v) is 11.0. The first-order chi connectivity index (χ1) is 8.69. The number of benzene rings is 1.